The number of halogens is 1. The fourth-order valence-corrected chi connectivity index (χ4v) is 6.99. The van der Waals surface area contributed by atoms with Crippen LogP contribution in [0.4, 0.5) is 21.7 Å². The Morgan fingerprint density at radius 1 is 1.15 bits per heavy atom. The molecule has 1 aromatic heterocycles. The standard InChI is InChI=1S/C34H40FN9O4/c1-21-14-24(3-5-28(21)43-12-10-42(11-13-43)25-18-47-19-25)39-34-38-20-37-32(41-34)22-2-6-29(23(15-22)16-36)48-30-8-9-44(17-26(30)35)33(46)27-4-7-31(45)40-27/h2-3,5-6,14,20,23,25-27,30H,4,7-13,15,17-19H2,1H3,(H,40,45)(H,37,38,39,41)/t23?,26-,27?,30+/m1/s1. The summed E-state index contributed by atoms with van der Waals surface area (Å²) in [5, 5.41) is 15.9. The first-order valence-corrected chi connectivity index (χ1v) is 16.7. The number of allylic oxidation sites excluding steroid dienone is 4. The number of amides is 2. The molecule has 2 aromatic rings. The molecule has 14 heteroatoms. The molecule has 0 radical (unpaired) electrons. The molecule has 13 nitrogen and oxygen atoms in total. The second-order valence-corrected chi connectivity index (χ2v) is 13.0. The first-order chi connectivity index (χ1) is 23.3. The number of nitrogens with zero attached hydrogens (tertiary/aromatic N) is 7. The molecule has 4 atom stereocenters. The van der Waals surface area contributed by atoms with E-state index in [4.69, 9.17) is 9.47 Å². The van der Waals surface area contributed by atoms with Crippen LogP contribution in [0.5, 0.6) is 0 Å². The van der Waals surface area contributed by atoms with Gasteiger partial charge in [-0.25, -0.2) is 14.4 Å². The van der Waals surface area contributed by atoms with E-state index in [0.29, 0.717) is 49.4 Å². The van der Waals surface area contributed by atoms with Crippen LogP contribution in [-0.2, 0) is 19.1 Å². The summed E-state index contributed by atoms with van der Waals surface area (Å²) < 4.78 is 26.6. The van der Waals surface area contributed by atoms with Crippen molar-refractivity contribution in [2.45, 2.75) is 57.0 Å². The number of benzene rings is 1. The minimum absolute atomic E-state index is 0.113. The molecule has 1 aromatic carbocycles. The summed E-state index contributed by atoms with van der Waals surface area (Å²) in [4.78, 5) is 43.9. The van der Waals surface area contributed by atoms with Gasteiger partial charge in [-0.05, 0) is 55.2 Å². The van der Waals surface area contributed by atoms with Gasteiger partial charge >= 0.3 is 0 Å². The van der Waals surface area contributed by atoms with Crippen LogP contribution in [0.1, 0.15) is 37.1 Å². The molecule has 5 aliphatic rings. The van der Waals surface area contributed by atoms with Crippen LogP contribution in [-0.4, -0.2) is 113 Å². The van der Waals surface area contributed by atoms with Crippen molar-refractivity contribution in [2.24, 2.45) is 5.92 Å². The number of aromatic nitrogens is 3. The zero-order valence-corrected chi connectivity index (χ0v) is 27.0. The Labute approximate surface area is 278 Å². The Kier molecular flexibility index (Phi) is 9.23. The molecule has 0 saturated carbocycles. The smallest absolute Gasteiger partial charge is 0.245 e. The predicted molar refractivity (Wildman–Crippen MR) is 175 cm³/mol. The van der Waals surface area contributed by atoms with Crippen molar-refractivity contribution in [3.05, 3.63) is 53.8 Å². The number of anilines is 3. The Morgan fingerprint density at radius 2 is 1.98 bits per heavy atom. The number of aryl methyl sites for hydroxylation is 1. The molecular formula is C34H40FN9O4. The average Bonchev–Trinajstić information content (AvgIpc) is 3.51. The van der Waals surface area contributed by atoms with E-state index in [0.717, 1.165) is 56.2 Å². The number of nitriles is 1. The first-order valence-electron chi connectivity index (χ1n) is 16.7. The topological polar surface area (TPSA) is 149 Å². The average molecular weight is 658 g/mol. The fraction of sp³-hybridized carbons (Fsp3) is 0.529. The van der Waals surface area contributed by atoms with E-state index in [-0.39, 0.29) is 24.8 Å². The molecule has 2 unspecified atom stereocenters. The molecule has 4 saturated heterocycles. The third kappa shape index (κ3) is 6.84. The third-order valence-corrected chi connectivity index (χ3v) is 9.85. The number of alkyl halides is 1. The maximum atomic E-state index is 15.2. The Bertz CT molecular complexity index is 1650. The van der Waals surface area contributed by atoms with E-state index < -0.39 is 24.2 Å². The van der Waals surface area contributed by atoms with Crippen LogP contribution in [0, 0.1) is 24.2 Å². The van der Waals surface area contributed by atoms with Crippen molar-refractivity contribution in [2.75, 3.05) is 62.7 Å². The highest BCUT2D eigenvalue weighted by atomic mass is 19.1. The maximum absolute atomic E-state index is 15.2. The minimum atomic E-state index is -1.42. The third-order valence-electron chi connectivity index (χ3n) is 9.85. The van der Waals surface area contributed by atoms with Gasteiger partial charge in [-0.3, -0.25) is 14.5 Å². The van der Waals surface area contributed by atoms with Gasteiger partial charge < -0.3 is 29.9 Å². The largest absolute Gasteiger partial charge is 0.490 e. The normalized spacial score (nSPS) is 26.6. The summed E-state index contributed by atoms with van der Waals surface area (Å²) in [6.45, 7) is 8.04. The number of rotatable bonds is 8. The van der Waals surface area contributed by atoms with Crippen molar-refractivity contribution >= 4 is 34.7 Å². The number of likely N-dealkylation sites (tertiary alicyclic amines) is 1. The predicted octanol–water partition coefficient (Wildman–Crippen LogP) is 2.49. The molecule has 4 aliphatic heterocycles. The highest BCUT2D eigenvalue weighted by Crippen LogP contribution is 2.33. The van der Waals surface area contributed by atoms with E-state index in [1.807, 2.05) is 6.07 Å². The van der Waals surface area contributed by atoms with E-state index in [1.54, 1.807) is 12.2 Å². The summed E-state index contributed by atoms with van der Waals surface area (Å²) in [6.07, 6.45) is 4.05. The summed E-state index contributed by atoms with van der Waals surface area (Å²) in [6, 6.07) is 8.51. The lowest BCUT2D eigenvalue weighted by Crippen LogP contribution is -2.56. The lowest BCUT2D eigenvalue weighted by Gasteiger charge is -2.43. The van der Waals surface area contributed by atoms with Crippen molar-refractivity contribution in [3.8, 4) is 6.07 Å². The van der Waals surface area contributed by atoms with Gasteiger partial charge in [0, 0.05) is 56.9 Å². The molecule has 1 aliphatic carbocycles. The van der Waals surface area contributed by atoms with Gasteiger partial charge in [0.15, 0.2) is 12.0 Å². The highest BCUT2D eigenvalue weighted by Gasteiger charge is 2.38. The van der Waals surface area contributed by atoms with Gasteiger partial charge in [0.2, 0.25) is 17.8 Å². The van der Waals surface area contributed by atoms with E-state index >= 15 is 4.39 Å². The maximum Gasteiger partial charge on any atom is 0.245 e. The minimum Gasteiger partial charge on any atom is -0.490 e. The molecule has 4 fully saturated rings. The molecule has 2 N–H and O–H groups in total. The second kappa shape index (κ2) is 13.9. The molecule has 0 spiro atoms. The van der Waals surface area contributed by atoms with Gasteiger partial charge in [-0.15, -0.1) is 0 Å². The molecule has 0 bridgehead atoms. The molecule has 48 heavy (non-hydrogen) atoms. The number of hydrogen-bond donors (Lipinski definition) is 2. The molecule has 2 amide bonds. The lowest BCUT2D eigenvalue weighted by atomic mass is 9.92. The van der Waals surface area contributed by atoms with Crippen LogP contribution in [0.15, 0.2) is 42.4 Å². The molecule has 5 heterocycles. The monoisotopic (exact) mass is 657 g/mol. The lowest BCUT2D eigenvalue weighted by molar-refractivity contribution is -0.138. The van der Waals surface area contributed by atoms with Crippen LogP contribution in [0.3, 0.4) is 0 Å². The number of hydrogen-bond acceptors (Lipinski definition) is 11. The zero-order chi connectivity index (χ0) is 33.2. The molecule has 7 rings (SSSR count). The number of piperidine rings is 1. The van der Waals surface area contributed by atoms with Crippen LogP contribution < -0.4 is 15.5 Å². The van der Waals surface area contributed by atoms with E-state index in [1.165, 1.54) is 16.9 Å². The van der Waals surface area contributed by atoms with Crippen LogP contribution in [0.25, 0.3) is 5.57 Å². The van der Waals surface area contributed by atoms with Gasteiger partial charge in [-0.1, -0.05) is 6.08 Å². The van der Waals surface area contributed by atoms with Crippen molar-refractivity contribution in [3.63, 3.8) is 0 Å². The Balaban J connectivity index is 0.961. The first kappa shape index (κ1) is 32.0. The van der Waals surface area contributed by atoms with Gasteiger partial charge in [0.05, 0.1) is 31.9 Å². The number of piperazine rings is 1. The summed E-state index contributed by atoms with van der Waals surface area (Å²) in [5.74, 6) is 0.163. The second-order valence-electron chi connectivity index (χ2n) is 13.0. The molecule has 252 valence electrons. The highest BCUT2D eigenvalue weighted by molar-refractivity contribution is 5.90. The zero-order valence-electron chi connectivity index (χ0n) is 27.0. The quantitative estimate of drug-likeness (QED) is 0.431. The number of carbonyl (C=O) groups is 2. The van der Waals surface area contributed by atoms with Crippen molar-refractivity contribution < 1.29 is 23.5 Å². The summed E-state index contributed by atoms with van der Waals surface area (Å²) in [7, 11) is 0. The number of nitrogens with one attached hydrogen (secondary N) is 2. The van der Waals surface area contributed by atoms with Crippen LogP contribution in [0.2, 0.25) is 0 Å². The van der Waals surface area contributed by atoms with Gasteiger partial charge in [-0.2, -0.15) is 10.2 Å². The van der Waals surface area contributed by atoms with Crippen molar-refractivity contribution in [1.82, 2.24) is 30.1 Å². The van der Waals surface area contributed by atoms with Gasteiger partial charge in [0.25, 0.3) is 0 Å². The number of carbonyl (C=O) groups excluding carboxylic acids is 2. The number of ether oxygens (including phenoxy) is 2. The summed E-state index contributed by atoms with van der Waals surface area (Å²) >= 11 is 0. The van der Waals surface area contributed by atoms with E-state index in [2.05, 4.69) is 60.5 Å². The Hall–Kier alpha value is -4.61. The molecular weight excluding hydrogens is 617 g/mol. The Morgan fingerprint density at radius 3 is 2.67 bits per heavy atom. The van der Waals surface area contributed by atoms with Crippen molar-refractivity contribution in [1.29, 1.82) is 5.26 Å². The SMILES string of the molecule is Cc1cc(Nc2ncnc(C3=CC=C(O[C@H]4CCN(C(=O)C5CCC(=O)N5)C[C@H]4F)C(C#N)C3)n2)ccc1N1CCN(C2COC2)CC1. The fourth-order valence-electron chi connectivity index (χ4n) is 6.99. The summed E-state index contributed by atoms with van der Waals surface area (Å²) in [5.41, 5.74) is 3.99. The van der Waals surface area contributed by atoms with Gasteiger partial charge in [0.1, 0.15) is 30.2 Å². The van der Waals surface area contributed by atoms with Crippen LogP contribution >= 0.6 is 0 Å². The van der Waals surface area contributed by atoms with E-state index in [9.17, 15) is 14.9 Å².